The van der Waals surface area contributed by atoms with Crippen LogP contribution in [0.25, 0.3) is 11.0 Å². The number of rotatable bonds is 3. The molecule has 0 saturated carbocycles. The van der Waals surface area contributed by atoms with Crippen LogP contribution in [0.15, 0.2) is 71.7 Å². The van der Waals surface area contributed by atoms with Crippen LogP contribution in [0, 0.1) is 5.82 Å². The van der Waals surface area contributed by atoms with Gasteiger partial charge in [0, 0.05) is 18.2 Å². The van der Waals surface area contributed by atoms with Crippen LogP contribution in [0.2, 0.25) is 0 Å². The molecular weight excluding hydrogens is 443 g/mol. The number of aromatic nitrogens is 2. The zero-order valence-corrected chi connectivity index (χ0v) is 18.1. The molecule has 2 N–H and O–H groups in total. The third-order valence-electron chi connectivity index (χ3n) is 5.27. The number of para-hydroxylation sites is 1. The van der Waals surface area contributed by atoms with Crippen molar-refractivity contribution >= 4 is 51.8 Å². The maximum atomic E-state index is 14.7. The van der Waals surface area contributed by atoms with Crippen molar-refractivity contribution in [2.24, 2.45) is 4.99 Å². The number of carbonyl (C=O) groups excluding carboxylic acids is 2. The minimum absolute atomic E-state index is 0.235. The average Bonchev–Trinajstić information content (AvgIpc) is 3.28. The van der Waals surface area contributed by atoms with Crippen molar-refractivity contribution in [1.29, 1.82) is 0 Å². The fraction of sp³-hybridized carbons (Fsp3) is 0.0870. The first kappa shape index (κ1) is 20.7. The van der Waals surface area contributed by atoms with Gasteiger partial charge in [0.15, 0.2) is 0 Å². The number of urea groups is 1. The van der Waals surface area contributed by atoms with E-state index >= 15 is 0 Å². The smallest absolute Gasteiger partial charge is 0.311 e. The Hall–Kier alpha value is -4.18. The van der Waals surface area contributed by atoms with Gasteiger partial charge in [-0.25, -0.2) is 14.2 Å². The Morgan fingerprint density at radius 1 is 1.00 bits per heavy atom. The Balaban J connectivity index is 1.52. The molecule has 8 nitrogen and oxygen atoms in total. The van der Waals surface area contributed by atoms with Crippen LogP contribution in [-0.4, -0.2) is 39.6 Å². The number of carbonyl (C=O) groups is 2. The van der Waals surface area contributed by atoms with E-state index in [0.29, 0.717) is 28.0 Å². The predicted octanol–water partition coefficient (Wildman–Crippen LogP) is 3.79. The molecule has 4 aromatic rings. The summed E-state index contributed by atoms with van der Waals surface area (Å²) in [5.74, 6) is -0.938. The quantitative estimate of drug-likeness (QED) is 0.486. The Bertz CT molecular complexity index is 1420. The van der Waals surface area contributed by atoms with E-state index in [9.17, 15) is 14.0 Å². The lowest BCUT2D eigenvalue weighted by Gasteiger charge is -2.21. The molecule has 3 amide bonds. The Morgan fingerprint density at radius 3 is 2.58 bits per heavy atom. The monoisotopic (exact) mass is 460 g/mol. The molecule has 1 aliphatic heterocycles. The number of aliphatic imine (C=N–C) groups is 1. The summed E-state index contributed by atoms with van der Waals surface area (Å²) in [5.41, 5.74) is 3.31. The van der Waals surface area contributed by atoms with Gasteiger partial charge in [0.2, 0.25) is 6.17 Å². The van der Waals surface area contributed by atoms with Crippen LogP contribution < -0.4 is 15.5 Å². The largest absolute Gasteiger partial charge is 0.321 e. The van der Waals surface area contributed by atoms with E-state index in [1.165, 1.54) is 11.0 Å². The molecule has 2 heterocycles. The standard InChI is InChI=1S/C23H17FN6O2S/c1-30-18-12-5-3-8-14(18)19(13-7-2-4-9-15(13)24)26-21(22(30)31)27-23(32)25-16-10-6-11-17-20(16)29-33-28-17/h2-12,21H,1H3,(H2,25,27,32). The highest BCUT2D eigenvalue weighted by Gasteiger charge is 2.31. The van der Waals surface area contributed by atoms with Crippen LogP contribution in [0.5, 0.6) is 0 Å². The summed E-state index contributed by atoms with van der Waals surface area (Å²) >= 11 is 1.04. The minimum atomic E-state index is -1.27. The van der Waals surface area contributed by atoms with E-state index in [0.717, 1.165) is 11.7 Å². The zero-order chi connectivity index (χ0) is 22.9. The number of amides is 3. The maximum absolute atomic E-state index is 14.7. The van der Waals surface area contributed by atoms with E-state index in [-0.39, 0.29) is 11.3 Å². The normalized spacial score (nSPS) is 15.6. The fourth-order valence-electron chi connectivity index (χ4n) is 3.67. The first-order valence-electron chi connectivity index (χ1n) is 10.0. The number of anilines is 2. The summed E-state index contributed by atoms with van der Waals surface area (Å²) in [4.78, 5) is 31.9. The van der Waals surface area contributed by atoms with Gasteiger partial charge in [0.05, 0.1) is 28.8 Å². The summed E-state index contributed by atoms with van der Waals surface area (Å²) in [6.07, 6.45) is -1.27. The summed E-state index contributed by atoms with van der Waals surface area (Å²) in [5, 5.41) is 5.30. The average molecular weight is 460 g/mol. The summed E-state index contributed by atoms with van der Waals surface area (Å²) < 4.78 is 23.0. The first-order valence-corrected chi connectivity index (χ1v) is 10.7. The van der Waals surface area contributed by atoms with Gasteiger partial charge in [0.25, 0.3) is 5.91 Å². The van der Waals surface area contributed by atoms with Crippen LogP contribution >= 0.6 is 11.7 Å². The molecule has 1 aliphatic rings. The van der Waals surface area contributed by atoms with E-state index < -0.39 is 23.9 Å². The van der Waals surface area contributed by atoms with Crippen LogP contribution in [0.1, 0.15) is 11.1 Å². The van der Waals surface area contributed by atoms with E-state index in [4.69, 9.17) is 0 Å². The predicted molar refractivity (Wildman–Crippen MR) is 125 cm³/mol. The van der Waals surface area contributed by atoms with Gasteiger partial charge in [0.1, 0.15) is 16.9 Å². The Labute approximate surface area is 192 Å². The molecule has 164 valence electrons. The highest BCUT2D eigenvalue weighted by atomic mass is 32.1. The highest BCUT2D eigenvalue weighted by molar-refractivity contribution is 7.00. The molecule has 5 rings (SSSR count). The van der Waals surface area contributed by atoms with Crippen molar-refractivity contribution in [1.82, 2.24) is 14.1 Å². The van der Waals surface area contributed by atoms with E-state index in [2.05, 4.69) is 24.4 Å². The Kier molecular flexibility index (Phi) is 5.27. The van der Waals surface area contributed by atoms with Gasteiger partial charge < -0.3 is 15.5 Å². The van der Waals surface area contributed by atoms with Crippen molar-refractivity contribution in [3.05, 3.63) is 83.7 Å². The topological polar surface area (TPSA) is 99.6 Å². The Morgan fingerprint density at radius 2 is 1.76 bits per heavy atom. The molecule has 0 fully saturated rings. The van der Waals surface area contributed by atoms with Gasteiger partial charge in [-0.3, -0.25) is 4.79 Å². The van der Waals surface area contributed by atoms with Gasteiger partial charge in [-0.05, 0) is 30.3 Å². The SMILES string of the molecule is CN1C(=O)C(NC(=O)Nc2cccc3nsnc23)N=C(c2ccccc2F)c2ccccc21. The minimum Gasteiger partial charge on any atom is -0.311 e. The number of benzodiazepines with no additional fused rings is 1. The van der Waals surface area contributed by atoms with Gasteiger partial charge >= 0.3 is 6.03 Å². The molecule has 0 radical (unpaired) electrons. The lowest BCUT2D eigenvalue weighted by molar-refractivity contribution is -0.119. The van der Waals surface area contributed by atoms with Gasteiger partial charge in [-0.2, -0.15) is 8.75 Å². The van der Waals surface area contributed by atoms with Crippen molar-refractivity contribution in [2.75, 3.05) is 17.3 Å². The van der Waals surface area contributed by atoms with Gasteiger partial charge in [-0.15, -0.1) is 0 Å². The third kappa shape index (κ3) is 3.80. The number of fused-ring (bicyclic) bond motifs is 2. The molecule has 33 heavy (non-hydrogen) atoms. The van der Waals surface area contributed by atoms with Crippen LogP contribution in [0.4, 0.5) is 20.6 Å². The molecule has 10 heteroatoms. The summed E-state index contributed by atoms with van der Waals surface area (Å²) in [6, 6.07) is 17.9. The number of hydrogen-bond donors (Lipinski definition) is 2. The molecular formula is C23H17FN6O2S. The molecule has 0 saturated heterocycles. The number of nitrogens with one attached hydrogen (secondary N) is 2. The lowest BCUT2D eigenvalue weighted by atomic mass is 10.00. The first-order chi connectivity index (χ1) is 16.0. The molecule has 0 bridgehead atoms. The molecule has 1 unspecified atom stereocenters. The second-order valence-corrected chi connectivity index (χ2v) is 7.84. The second kappa shape index (κ2) is 8.40. The van der Waals surface area contributed by atoms with Crippen molar-refractivity contribution in [2.45, 2.75) is 6.17 Å². The van der Waals surface area contributed by atoms with Crippen molar-refractivity contribution < 1.29 is 14.0 Å². The molecule has 1 atom stereocenters. The van der Waals surface area contributed by atoms with Crippen LogP contribution in [-0.2, 0) is 4.79 Å². The number of likely N-dealkylation sites (N-methyl/N-ethyl adjacent to an activating group) is 1. The number of nitrogens with zero attached hydrogens (tertiary/aromatic N) is 4. The number of hydrogen-bond acceptors (Lipinski definition) is 6. The van der Waals surface area contributed by atoms with Gasteiger partial charge in [-0.1, -0.05) is 36.4 Å². The molecule has 3 aromatic carbocycles. The van der Waals surface area contributed by atoms with E-state index in [1.807, 2.05) is 0 Å². The number of halogens is 1. The summed E-state index contributed by atoms with van der Waals surface area (Å²) in [6.45, 7) is 0. The molecule has 0 spiro atoms. The lowest BCUT2D eigenvalue weighted by Crippen LogP contribution is -2.47. The van der Waals surface area contributed by atoms with Crippen molar-refractivity contribution in [3.8, 4) is 0 Å². The zero-order valence-electron chi connectivity index (χ0n) is 17.3. The summed E-state index contributed by atoms with van der Waals surface area (Å²) in [7, 11) is 1.59. The molecule has 0 aliphatic carbocycles. The van der Waals surface area contributed by atoms with E-state index in [1.54, 1.807) is 67.7 Å². The maximum Gasteiger partial charge on any atom is 0.321 e. The fourth-order valence-corrected chi connectivity index (χ4v) is 4.22. The van der Waals surface area contributed by atoms with Crippen LogP contribution in [0.3, 0.4) is 0 Å². The second-order valence-electron chi connectivity index (χ2n) is 7.31. The highest BCUT2D eigenvalue weighted by Crippen LogP contribution is 2.28. The number of benzene rings is 3. The third-order valence-corrected chi connectivity index (χ3v) is 5.82. The molecule has 1 aromatic heterocycles. The van der Waals surface area contributed by atoms with Crippen molar-refractivity contribution in [3.63, 3.8) is 0 Å².